The Hall–Kier alpha value is -3.02. The van der Waals surface area contributed by atoms with Crippen LogP contribution in [0.1, 0.15) is 44.1 Å². The molecule has 0 aromatic heterocycles. The van der Waals surface area contributed by atoms with E-state index >= 15 is 0 Å². The number of morpholine rings is 1. The molecule has 10 nitrogen and oxygen atoms in total. The van der Waals surface area contributed by atoms with Gasteiger partial charge in [0, 0.05) is 68.9 Å². The van der Waals surface area contributed by atoms with E-state index in [1.54, 1.807) is 28.7 Å². The molecule has 3 heterocycles. The molecule has 3 saturated heterocycles. The summed E-state index contributed by atoms with van der Waals surface area (Å²) in [4.78, 5) is 20.3. The number of sulfonamides is 1. The van der Waals surface area contributed by atoms with Crippen LogP contribution in [0, 0.1) is 10.1 Å². The van der Waals surface area contributed by atoms with E-state index in [1.807, 2.05) is 12.1 Å². The zero-order chi connectivity index (χ0) is 26.5. The molecule has 0 amide bonds. The second-order valence-corrected chi connectivity index (χ2v) is 11.9. The average Bonchev–Trinajstić information content (AvgIpc) is 2.97. The Morgan fingerprint density at radius 1 is 0.816 bits per heavy atom. The Labute approximate surface area is 224 Å². The van der Waals surface area contributed by atoms with Crippen LogP contribution in [0.15, 0.2) is 46.3 Å². The minimum Gasteiger partial charge on any atom is -0.378 e. The van der Waals surface area contributed by atoms with Gasteiger partial charge in [-0.3, -0.25) is 15.1 Å². The molecule has 3 aliphatic heterocycles. The normalized spacial score (nSPS) is 19.7. The van der Waals surface area contributed by atoms with E-state index in [0.29, 0.717) is 56.3 Å². The van der Waals surface area contributed by atoms with Gasteiger partial charge in [0.15, 0.2) is 0 Å². The van der Waals surface area contributed by atoms with E-state index in [4.69, 9.17) is 4.74 Å². The molecule has 0 unspecified atom stereocenters. The van der Waals surface area contributed by atoms with Gasteiger partial charge in [0.25, 0.3) is 5.69 Å². The van der Waals surface area contributed by atoms with Crippen LogP contribution in [0.25, 0.3) is 0 Å². The summed E-state index contributed by atoms with van der Waals surface area (Å²) in [5.41, 5.74) is 2.73. The summed E-state index contributed by atoms with van der Waals surface area (Å²) in [6, 6.07) is 10.1. The molecular weight excluding hydrogens is 506 g/mol. The van der Waals surface area contributed by atoms with Crippen LogP contribution in [-0.4, -0.2) is 76.3 Å². The fourth-order valence-corrected chi connectivity index (χ4v) is 7.17. The maximum Gasteiger partial charge on any atom is 0.270 e. The Balaban J connectivity index is 1.52. The summed E-state index contributed by atoms with van der Waals surface area (Å²) in [7, 11) is -3.71. The zero-order valence-corrected chi connectivity index (χ0v) is 22.4. The van der Waals surface area contributed by atoms with Gasteiger partial charge in [0.1, 0.15) is 4.90 Å². The molecule has 204 valence electrons. The molecule has 0 spiro atoms. The van der Waals surface area contributed by atoms with Crippen molar-refractivity contribution in [3.05, 3.63) is 52.1 Å². The molecule has 5 rings (SSSR count). The third-order valence-corrected chi connectivity index (χ3v) is 9.43. The highest BCUT2D eigenvalue weighted by Gasteiger charge is 2.30. The quantitative estimate of drug-likeness (QED) is 0.291. The first kappa shape index (κ1) is 26.6. The van der Waals surface area contributed by atoms with Gasteiger partial charge in [-0.05, 0) is 56.4 Å². The Kier molecular flexibility index (Phi) is 8.25. The summed E-state index contributed by atoms with van der Waals surface area (Å²) >= 11 is 0. The second kappa shape index (κ2) is 11.8. The molecule has 2 aromatic carbocycles. The molecule has 3 fully saturated rings. The number of non-ortho nitro benzene ring substituents is 1. The first-order valence-electron chi connectivity index (χ1n) is 13.5. The molecule has 38 heavy (non-hydrogen) atoms. The Bertz CT molecular complexity index is 1280. The average molecular weight is 542 g/mol. The number of anilines is 2. The number of nitrogens with zero attached hydrogens (tertiary/aromatic N) is 5. The fourth-order valence-electron chi connectivity index (χ4n) is 5.43. The largest absolute Gasteiger partial charge is 0.378 e. The maximum absolute atomic E-state index is 13.8. The van der Waals surface area contributed by atoms with Gasteiger partial charge in [-0.1, -0.05) is 6.42 Å². The van der Waals surface area contributed by atoms with Gasteiger partial charge in [0.2, 0.25) is 10.0 Å². The van der Waals surface area contributed by atoms with Gasteiger partial charge in [-0.25, -0.2) is 8.42 Å². The molecule has 0 N–H and O–H groups in total. The molecule has 3 aliphatic rings. The summed E-state index contributed by atoms with van der Waals surface area (Å²) in [6.07, 6.45) is 7.71. The van der Waals surface area contributed by atoms with Gasteiger partial charge in [-0.15, -0.1) is 0 Å². The minimum atomic E-state index is -3.71. The predicted octanol–water partition coefficient (Wildman–Crippen LogP) is 4.35. The number of rotatable bonds is 7. The molecule has 2 aromatic rings. The smallest absolute Gasteiger partial charge is 0.270 e. The number of piperidine rings is 2. The van der Waals surface area contributed by atoms with E-state index in [0.717, 1.165) is 50.9 Å². The third kappa shape index (κ3) is 5.84. The van der Waals surface area contributed by atoms with Crippen molar-refractivity contribution in [3.63, 3.8) is 0 Å². The lowest BCUT2D eigenvalue weighted by atomic mass is 10.1. The van der Waals surface area contributed by atoms with Crippen molar-refractivity contribution < 1.29 is 18.1 Å². The molecule has 0 atom stereocenters. The topological polar surface area (TPSA) is 109 Å². The van der Waals surface area contributed by atoms with Crippen LogP contribution in [0.2, 0.25) is 0 Å². The number of ether oxygens (including phenoxy) is 1. The monoisotopic (exact) mass is 541 g/mol. The minimum absolute atomic E-state index is 0.00300. The van der Waals surface area contributed by atoms with Crippen molar-refractivity contribution in [2.24, 2.45) is 4.99 Å². The van der Waals surface area contributed by atoms with Crippen LogP contribution < -0.4 is 9.80 Å². The van der Waals surface area contributed by atoms with E-state index < -0.39 is 14.9 Å². The molecule has 0 bridgehead atoms. The van der Waals surface area contributed by atoms with E-state index in [2.05, 4.69) is 14.8 Å². The summed E-state index contributed by atoms with van der Waals surface area (Å²) < 4.78 is 34.7. The molecule has 0 aliphatic carbocycles. The molecule has 11 heteroatoms. The Morgan fingerprint density at radius 3 is 2.13 bits per heavy atom. The van der Waals surface area contributed by atoms with Crippen molar-refractivity contribution >= 4 is 39.0 Å². The van der Waals surface area contributed by atoms with Crippen LogP contribution in [0.5, 0.6) is 0 Å². The van der Waals surface area contributed by atoms with Crippen molar-refractivity contribution in [3.8, 4) is 0 Å². The summed E-state index contributed by atoms with van der Waals surface area (Å²) in [6.45, 7) is 5.17. The number of nitro benzene ring substituents is 1. The highest BCUT2D eigenvalue weighted by atomic mass is 32.2. The predicted molar refractivity (Wildman–Crippen MR) is 148 cm³/mol. The van der Waals surface area contributed by atoms with Crippen LogP contribution in [-0.2, 0) is 14.8 Å². The number of nitro groups is 1. The fraction of sp³-hybridized carbons (Fsp3) is 0.519. The lowest BCUT2D eigenvalue weighted by molar-refractivity contribution is -0.384. The third-order valence-electron chi connectivity index (χ3n) is 7.50. The Morgan fingerprint density at radius 2 is 1.45 bits per heavy atom. The highest BCUT2D eigenvalue weighted by molar-refractivity contribution is 7.89. The van der Waals surface area contributed by atoms with Crippen molar-refractivity contribution in [1.82, 2.24) is 4.31 Å². The van der Waals surface area contributed by atoms with Gasteiger partial charge < -0.3 is 14.5 Å². The van der Waals surface area contributed by atoms with E-state index in [-0.39, 0.29) is 10.6 Å². The van der Waals surface area contributed by atoms with Crippen molar-refractivity contribution in [1.29, 1.82) is 0 Å². The standard InChI is InChI=1S/C27H35N5O5S/c33-32(34)24-8-10-25(29-11-3-1-4-12-29)22(19-24)21-28-23-7-9-26(30-15-17-37-18-16-30)27(20-23)38(35,36)31-13-5-2-6-14-31/h7-10,19-21H,1-6,11-18H2. The van der Waals surface area contributed by atoms with Gasteiger partial charge in [-0.2, -0.15) is 4.31 Å². The SMILES string of the molecule is O=[N+]([O-])c1ccc(N2CCCCC2)c(C=Nc2ccc(N3CCOCC3)c(S(=O)(=O)N3CCCCC3)c2)c1. The summed E-state index contributed by atoms with van der Waals surface area (Å²) in [5, 5.41) is 11.5. The zero-order valence-electron chi connectivity index (χ0n) is 21.6. The molecular formula is C27H35N5O5S. The second-order valence-electron chi connectivity index (χ2n) is 10.0. The van der Waals surface area contributed by atoms with E-state index in [9.17, 15) is 18.5 Å². The number of hydrogen-bond acceptors (Lipinski definition) is 8. The lowest BCUT2D eigenvalue weighted by Crippen LogP contribution is -2.39. The summed E-state index contributed by atoms with van der Waals surface area (Å²) in [5.74, 6) is 0. The molecule has 0 radical (unpaired) electrons. The molecule has 0 saturated carbocycles. The van der Waals surface area contributed by atoms with Crippen LogP contribution >= 0.6 is 0 Å². The number of aliphatic imine (C=N–C) groups is 1. The first-order chi connectivity index (χ1) is 18.4. The highest BCUT2D eigenvalue weighted by Crippen LogP contribution is 2.34. The van der Waals surface area contributed by atoms with Crippen LogP contribution in [0.3, 0.4) is 0 Å². The first-order valence-corrected chi connectivity index (χ1v) is 14.9. The van der Waals surface area contributed by atoms with Gasteiger partial charge >= 0.3 is 0 Å². The van der Waals surface area contributed by atoms with Crippen molar-refractivity contribution in [2.75, 3.05) is 62.3 Å². The number of benzene rings is 2. The lowest BCUT2D eigenvalue weighted by Gasteiger charge is -2.32. The maximum atomic E-state index is 13.8. The van der Waals surface area contributed by atoms with Crippen LogP contribution in [0.4, 0.5) is 22.7 Å². The van der Waals surface area contributed by atoms with Gasteiger partial charge in [0.05, 0.1) is 29.5 Å². The number of hydrogen-bond donors (Lipinski definition) is 0. The van der Waals surface area contributed by atoms with Crippen molar-refractivity contribution in [2.45, 2.75) is 43.4 Å². The van der Waals surface area contributed by atoms with E-state index in [1.165, 1.54) is 12.5 Å².